The van der Waals surface area contributed by atoms with E-state index in [1.54, 1.807) is 0 Å². The minimum atomic E-state index is -2.18. The second-order valence-corrected chi connectivity index (χ2v) is 4.05. The van der Waals surface area contributed by atoms with Crippen molar-refractivity contribution in [2.24, 2.45) is 0 Å². The predicted molar refractivity (Wildman–Crippen MR) is 53.4 cm³/mol. The summed E-state index contributed by atoms with van der Waals surface area (Å²) in [6.45, 7) is 5.11. The molecule has 2 unspecified atom stereocenters. The number of ether oxygens (including phenoxy) is 1. The lowest BCUT2D eigenvalue weighted by Gasteiger charge is -2.18. The number of carbonyl (C=O) groups excluding carboxylic acids is 1. The lowest BCUT2D eigenvalue weighted by Crippen LogP contribution is -2.23. The van der Waals surface area contributed by atoms with E-state index < -0.39 is 22.3 Å². The molecule has 0 radical (unpaired) electrons. The normalized spacial score (nSPS) is 14.4. The molecule has 0 spiro atoms. The Morgan fingerprint density at radius 3 is 2.79 bits per heavy atom. The number of hydrogen-bond acceptors (Lipinski definition) is 4. The summed E-state index contributed by atoms with van der Waals surface area (Å²) in [6, 6.07) is 0. The van der Waals surface area contributed by atoms with Crippen molar-refractivity contribution < 1.29 is 18.3 Å². The number of unbranched alkanes of at least 4 members (excludes halogenated alkanes) is 1. The van der Waals surface area contributed by atoms with Gasteiger partial charge in [0.1, 0.15) is 6.61 Å². The van der Waals surface area contributed by atoms with Gasteiger partial charge in [0.25, 0.3) is 0 Å². The van der Waals surface area contributed by atoms with Crippen molar-refractivity contribution >= 4 is 17.0 Å². The van der Waals surface area contributed by atoms with Gasteiger partial charge in [-0.25, -0.2) is 4.79 Å². The van der Waals surface area contributed by atoms with Crippen LogP contribution in [0.4, 0.5) is 0 Å². The topological polar surface area (TPSA) is 66.4 Å². The third-order valence-electron chi connectivity index (χ3n) is 1.73. The fraction of sp³-hybridized carbons (Fsp3) is 0.667. The molecule has 0 saturated heterocycles. The maximum Gasteiger partial charge on any atom is 0.330 e. The van der Waals surface area contributed by atoms with E-state index in [2.05, 4.69) is 11.3 Å². The molecule has 5 heteroatoms. The van der Waals surface area contributed by atoms with E-state index in [4.69, 9.17) is 0 Å². The van der Waals surface area contributed by atoms with Gasteiger partial charge in [0, 0.05) is 6.08 Å². The van der Waals surface area contributed by atoms with Crippen molar-refractivity contribution in [1.82, 2.24) is 0 Å². The summed E-state index contributed by atoms with van der Waals surface area (Å²) in [7, 11) is 0. The fourth-order valence-electron chi connectivity index (χ4n) is 0.901. The molecule has 0 aromatic heterocycles. The largest absolute Gasteiger partial charge is 0.772 e. The fourth-order valence-corrected chi connectivity index (χ4v) is 1.44. The van der Waals surface area contributed by atoms with Crippen molar-refractivity contribution in [2.75, 3.05) is 6.61 Å². The molecule has 2 atom stereocenters. The predicted octanol–water partition coefficient (Wildman–Crippen LogP) is 1.15. The van der Waals surface area contributed by atoms with Crippen LogP contribution in [-0.2, 0) is 20.6 Å². The molecule has 0 rings (SSSR count). The summed E-state index contributed by atoms with van der Waals surface area (Å²) < 4.78 is 26.0. The molecule has 0 aromatic rings. The Balaban J connectivity index is 3.90. The molecule has 0 bridgehead atoms. The van der Waals surface area contributed by atoms with Crippen LogP contribution >= 0.6 is 0 Å². The molecule has 0 aromatic carbocycles. The van der Waals surface area contributed by atoms with Gasteiger partial charge in [0.15, 0.2) is 0 Å². The first kappa shape index (κ1) is 13.3. The van der Waals surface area contributed by atoms with Gasteiger partial charge in [-0.15, -0.1) is 0 Å². The van der Waals surface area contributed by atoms with Gasteiger partial charge in [-0.2, -0.15) is 0 Å². The zero-order valence-corrected chi connectivity index (χ0v) is 9.05. The van der Waals surface area contributed by atoms with E-state index in [1.807, 2.05) is 6.92 Å². The molecule has 0 fully saturated rings. The first-order chi connectivity index (χ1) is 6.61. The van der Waals surface area contributed by atoms with Gasteiger partial charge in [-0.3, -0.25) is 4.21 Å². The lowest BCUT2D eigenvalue weighted by atomic mass is 10.2. The minimum absolute atomic E-state index is 0.0824. The number of esters is 1. The van der Waals surface area contributed by atoms with Gasteiger partial charge in [-0.1, -0.05) is 26.3 Å². The standard InChI is InChI=1S/C9H16O4S/c1-3-5-6-8(14(11)12)7-13-9(10)4-2/h4,8H,2-3,5-7H2,1H3,(H,11,12)/p-1. The Hall–Kier alpha value is -0.680. The first-order valence-corrected chi connectivity index (χ1v) is 5.62. The average molecular weight is 219 g/mol. The van der Waals surface area contributed by atoms with Crippen LogP contribution in [0, 0.1) is 0 Å². The molecular weight excluding hydrogens is 204 g/mol. The van der Waals surface area contributed by atoms with E-state index >= 15 is 0 Å². The van der Waals surface area contributed by atoms with E-state index in [9.17, 15) is 13.6 Å². The van der Waals surface area contributed by atoms with Crippen LogP contribution in [0.1, 0.15) is 26.2 Å². The molecule has 82 valence electrons. The summed E-state index contributed by atoms with van der Waals surface area (Å²) in [5.41, 5.74) is 0. The molecule has 0 amide bonds. The minimum Gasteiger partial charge on any atom is -0.772 e. The van der Waals surface area contributed by atoms with Crippen LogP contribution < -0.4 is 0 Å². The Morgan fingerprint density at radius 1 is 1.71 bits per heavy atom. The Kier molecular flexibility index (Phi) is 7.32. The molecule has 0 N–H and O–H groups in total. The van der Waals surface area contributed by atoms with Gasteiger partial charge < -0.3 is 9.29 Å². The lowest BCUT2D eigenvalue weighted by molar-refractivity contribution is -0.137. The maximum atomic E-state index is 10.7. The third-order valence-corrected chi connectivity index (χ3v) is 2.65. The number of hydrogen-bond donors (Lipinski definition) is 0. The SMILES string of the molecule is C=CC(=O)OCC(CCCC)S(=O)[O-]. The smallest absolute Gasteiger partial charge is 0.330 e. The summed E-state index contributed by atoms with van der Waals surface area (Å²) in [5.74, 6) is -0.586. The van der Waals surface area contributed by atoms with Crippen molar-refractivity contribution in [3.05, 3.63) is 12.7 Å². The van der Waals surface area contributed by atoms with Crippen LogP contribution in [0.5, 0.6) is 0 Å². The Morgan fingerprint density at radius 2 is 2.36 bits per heavy atom. The van der Waals surface area contributed by atoms with Crippen molar-refractivity contribution in [2.45, 2.75) is 31.4 Å². The van der Waals surface area contributed by atoms with E-state index in [0.717, 1.165) is 18.9 Å². The Bertz CT molecular complexity index is 215. The molecular formula is C9H15O4S-. The van der Waals surface area contributed by atoms with Crippen molar-refractivity contribution in [1.29, 1.82) is 0 Å². The average Bonchev–Trinajstić information content (AvgIpc) is 2.16. The zero-order valence-electron chi connectivity index (χ0n) is 8.23. The van der Waals surface area contributed by atoms with E-state index in [0.29, 0.717) is 6.42 Å². The summed E-state index contributed by atoms with van der Waals surface area (Å²) in [5, 5.41) is -0.598. The molecule has 14 heavy (non-hydrogen) atoms. The zero-order chi connectivity index (χ0) is 11.0. The highest BCUT2D eigenvalue weighted by atomic mass is 32.2. The van der Waals surface area contributed by atoms with E-state index in [-0.39, 0.29) is 6.61 Å². The summed E-state index contributed by atoms with van der Waals surface area (Å²) in [6.07, 6.45) is 3.27. The second kappa shape index (κ2) is 7.70. The number of carbonyl (C=O) groups is 1. The highest BCUT2D eigenvalue weighted by Gasteiger charge is 2.10. The molecule has 0 saturated carbocycles. The molecule has 4 nitrogen and oxygen atoms in total. The highest BCUT2D eigenvalue weighted by Crippen LogP contribution is 2.06. The van der Waals surface area contributed by atoms with Gasteiger partial charge in [0.05, 0.1) is 5.25 Å². The van der Waals surface area contributed by atoms with Crippen LogP contribution in [0.3, 0.4) is 0 Å². The molecule has 0 aliphatic rings. The van der Waals surface area contributed by atoms with Crippen molar-refractivity contribution in [3.63, 3.8) is 0 Å². The Labute approximate surface area is 86.6 Å². The maximum absolute atomic E-state index is 10.7. The molecule has 0 aliphatic heterocycles. The van der Waals surface area contributed by atoms with Crippen LogP contribution in [0.15, 0.2) is 12.7 Å². The van der Waals surface area contributed by atoms with Crippen LogP contribution in [0.25, 0.3) is 0 Å². The van der Waals surface area contributed by atoms with Gasteiger partial charge in [0.2, 0.25) is 0 Å². The van der Waals surface area contributed by atoms with Crippen LogP contribution in [0.2, 0.25) is 0 Å². The van der Waals surface area contributed by atoms with E-state index in [1.165, 1.54) is 0 Å². The monoisotopic (exact) mass is 219 g/mol. The highest BCUT2D eigenvalue weighted by molar-refractivity contribution is 7.79. The van der Waals surface area contributed by atoms with Crippen LogP contribution in [-0.4, -0.2) is 26.6 Å². The summed E-state index contributed by atoms with van der Waals surface area (Å²) >= 11 is -2.18. The second-order valence-electron chi connectivity index (χ2n) is 2.86. The van der Waals surface area contributed by atoms with Gasteiger partial charge >= 0.3 is 5.97 Å². The van der Waals surface area contributed by atoms with Crippen molar-refractivity contribution in [3.8, 4) is 0 Å². The molecule has 0 aliphatic carbocycles. The third kappa shape index (κ3) is 5.88. The first-order valence-electron chi connectivity index (χ1n) is 4.49. The molecule has 0 heterocycles. The summed E-state index contributed by atoms with van der Waals surface area (Å²) in [4.78, 5) is 10.7. The quantitative estimate of drug-likeness (QED) is 0.366. The number of rotatable bonds is 7. The van der Waals surface area contributed by atoms with Gasteiger partial charge in [-0.05, 0) is 17.5 Å².